The molecule has 168 valence electrons. The molecule has 2 aromatic rings. The molecule has 2 heterocycles. The fraction of sp³-hybridized carbons (Fsp3) is 0.400. The molecule has 0 spiro atoms. The number of piperidine rings is 1. The molecule has 32 heavy (non-hydrogen) atoms. The number of hydrogen-bond acceptors (Lipinski definition) is 4. The van der Waals surface area contributed by atoms with Crippen LogP contribution in [-0.2, 0) is 9.59 Å². The van der Waals surface area contributed by atoms with Crippen molar-refractivity contribution in [3.05, 3.63) is 54.1 Å². The molecular weight excluding hydrogens is 404 g/mol. The summed E-state index contributed by atoms with van der Waals surface area (Å²) in [5.74, 6) is 0.288. The van der Waals surface area contributed by atoms with E-state index in [0.29, 0.717) is 24.2 Å². The predicted molar refractivity (Wildman–Crippen MR) is 126 cm³/mol. The van der Waals surface area contributed by atoms with Crippen LogP contribution in [0.2, 0.25) is 0 Å². The highest BCUT2D eigenvalue weighted by Crippen LogP contribution is 2.24. The van der Waals surface area contributed by atoms with Crippen molar-refractivity contribution in [2.75, 3.05) is 41.3 Å². The third-order valence-electron chi connectivity index (χ3n) is 6.22. The zero-order chi connectivity index (χ0) is 22.5. The Morgan fingerprint density at radius 1 is 0.938 bits per heavy atom. The summed E-state index contributed by atoms with van der Waals surface area (Å²) in [6.07, 6.45) is 3.84. The third-order valence-corrected chi connectivity index (χ3v) is 6.22. The van der Waals surface area contributed by atoms with E-state index in [1.807, 2.05) is 24.3 Å². The molecule has 0 atom stereocenters. The zero-order valence-electron chi connectivity index (χ0n) is 18.5. The number of nitrogens with zero attached hydrogens (tertiary/aromatic N) is 2. The molecule has 0 radical (unpaired) electrons. The Hall–Kier alpha value is -3.35. The van der Waals surface area contributed by atoms with Crippen molar-refractivity contribution >= 4 is 34.8 Å². The van der Waals surface area contributed by atoms with Crippen LogP contribution >= 0.6 is 0 Å². The van der Waals surface area contributed by atoms with E-state index >= 15 is 0 Å². The van der Waals surface area contributed by atoms with Gasteiger partial charge in [0.15, 0.2) is 0 Å². The van der Waals surface area contributed by atoms with Crippen LogP contribution in [0.1, 0.15) is 43.0 Å². The van der Waals surface area contributed by atoms with Crippen molar-refractivity contribution in [3.63, 3.8) is 0 Å². The molecule has 0 unspecified atom stereocenters. The number of rotatable bonds is 6. The monoisotopic (exact) mass is 434 g/mol. The van der Waals surface area contributed by atoms with Crippen LogP contribution in [0, 0.1) is 5.92 Å². The number of carbonyl (C=O) groups is 3. The Labute approximate surface area is 188 Å². The molecule has 0 aromatic heterocycles. The van der Waals surface area contributed by atoms with Crippen LogP contribution in [0.3, 0.4) is 0 Å². The molecule has 0 saturated carbocycles. The van der Waals surface area contributed by atoms with Gasteiger partial charge in [-0.2, -0.15) is 0 Å². The molecule has 4 rings (SSSR count). The second-order valence-electron chi connectivity index (χ2n) is 8.64. The lowest BCUT2D eigenvalue weighted by molar-refractivity contribution is -0.117. The number of hydrogen-bond donors (Lipinski definition) is 2. The normalized spacial score (nSPS) is 16.8. The highest BCUT2D eigenvalue weighted by Gasteiger charge is 2.21. The van der Waals surface area contributed by atoms with E-state index < -0.39 is 0 Å². The Bertz CT molecular complexity index is 964. The van der Waals surface area contributed by atoms with Gasteiger partial charge in [0.05, 0.1) is 6.54 Å². The van der Waals surface area contributed by atoms with E-state index in [2.05, 4.69) is 22.5 Å². The summed E-state index contributed by atoms with van der Waals surface area (Å²) in [6, 6.07) is 14.7. The molecule has 2 aliphatic heterocycles. The Balaban J connectivity index is 1.24. The fourth-order valence-electron chi connectivity index (χ4n) is 4.20. The van der Waals surface area contributed by atoms with Crippen LogP contribution in [0.5, 0.6) is 0 Å². The predicted octanol–water partition coefficient (Wildman–Crippen LogP) is 3.42. The zero-order valence-corrected chi connectivity index (χ0v) is 18.5. The van der Waals surface area contributed by atoms with Crippen molar-refractivity contribution in [1.82, 2.24) is 5.32 Å². The molecule has 2 aromatic carbocycles. The van der Waals surface area contributed by atoms with Gasteiger partial charge in [-0.3, -0.25) is 14.4 Å². The first-order valence-electron chi connectivity index (χ1n) is 11.3. The Morgan fingerprint density at radius 2 is 1.59 bits per heavy atom. The van der Waals surface area contributed by atoms with Gasteiger partial charge in [-0.05, 0) is 73.7 Å². The van der Waals surface area contributed by atoms with Gasteiger partial charge in [0, 0.05) is 48.7 Å². The number of benzene rings is 2. The molecule has 2 saturated heterocycles. The largest absolute Gasteiger partial charge is 0.372 e. The van der Waals surface area contributed by atoms with Crippen LogP contribution in [0.4, 0.5) is 17.1 Å². The summed E-state index contributed by atoms with van der Waals surface area (Å²) < 4.78 is 0. The lowest BCUT2D eigenvalue weighted by atomic mass is 9.99. The van der Waals surface area contributed by atoms with Gasteiger partial charge in [0.1, 0.15) is 0 Å². The summed E-state index contributed by atoms with van der Waals surface area (Å²) in [7, 11) is 0. The van der Waals surface area contributed by atoms with E-state index in [-0.39, 0.29) is 24.3 Å². The van der Waals surface area contributed by atoms with Crippen molar-refractivity contribution in [1.29, 1.82) is 0 Å². The van der Waals surface area contributed by atoms with E-state index in [4.69, 9.17) is 0 Å². The maximum Gasteiger partial charge on any atom is 0.251 e. The minimum absolute atomic E-state index is 0.109. The van der Waals surface area contributed by atoms with Crippen LogP contribution < -0.4 is 20.4 Å². The maximum atomic E-state index is 12.4. The first-order valence-corrected chi connectivity index (χ1v) is 11.3. The molecule has 0 aliphatic carbocycles. The van der Waals surface area contributed by atoms with E-state index in [1.54, 1.807) is 29.2 Å². The second kappa shape index (κ2) is 9.85. The Morgan fingerprint density at radius 3 is 2.22 bits per heavy atom. The molecule has 7 nitrogen and oxygen atoms in total. The maximum absolute atomic E-state index is 12.4. The lowest BCUT2D eigenvalue weighted by Crippen LogP contribution is -2.33. The summed E-state index contributed by atoms with van der Waals surface area (Å²) in [6.45, 7) is 5.02. The topological polar surface area (TPSA) is 81.8 Å². The first-order chi connectivity index (χ1) is 15.5. The summed E-state index contributed by atoms with van der Waals surface area (Å²) in [4.78, 5) is 40.6. The van der Waals surface area contributed by atoms with E-state index in [1.165, 1.54) is 18.5 Å². The number of amides is 3. The molecule has 2 fully saturated rings. The summed E-state index contributed by atoms with van der Waals surface area (Å²) in [5.41, 5.74) is 3.12. The molecule has 0 bridgehead atoms. The molecule has 7 heteroatoms. The van der Waals surface area contributed by atoms with E-state index in [0.717, 1.165) is 31.1 Å². The summed E-state index contributed by atoms with van der Waals surface area (Å²) in [5, 5.41) is 5.46. The van der Waals surface area contributed by atoms with Crippen LogP contribution in [0.25, 0.3) is 0 Å². The second-order valence-corrected chi connectivity index (χ2v) is 8.64. The average molecular weight is 435 g/mol. The highest BCUT2D eigenvalue weighted by molar-refractivity contribution is 6.00. The highest BCUT2D eigenvalue weighted by atomic mass is 16.2. The number of anilines is 3. The van der Waals surface area contributed by atoms with Gasteiger partial charge >= 0.3 is 0 Å². The van der Waals surface area contributed by atoms with Gasteiger partial charge in [-0.15, -0.1) is 0 Å². The minimum atomic E-state index is -0.325. The molecular formula is C25H30N4O3. The van der Waals surface area contributed by atoms with Crippen molar-refractivity contribution in [3.8, 4) is 0 Å². The third kappa shape index (κ3) is 5.28. The number of carbonyl (C=O) groups excluding carboxylic acids is 3. The van der Waals surface area contributed by atoms with Crippen molar-refractivity contribution in [2.45, 2.75) is 32.6 Å². The first kappa shape index (κ1) is 21.9. The standard InChI is InChI=1S/C25H30N4O3/c1-18-12-15-28(16-13-18)21-10-6-20(7-11-21)27-23(30)17-26-25(32)19-4-8-22(9-5-19)29-14-2-3-24(29)31/h4-11,18H,2-3,12-17H2,1H3,(H,26,32)(H,27,30). The van der Waals surface area contributed by atoms with E-state index in [9.17, 15) is 14.4 Å². The smallest absolute Gasteiger partial charge is 0.251 e. The van der Waals surface area contributed by atoms with Crippen molar-refractivity contribution < 1.29 is 14.4 Å². The fourth-order valence-corrected chi connectivity index (χ4v) is 4.20. The van der Waals surface area contributed by atoms with Crippen LogP contribution in [-0.4, -0.2) is 43.9 Å². The molecule has 2 aliphatic rings. The Kier molecular flexibility index (Phi) is 6.73. The van der Waals surface area contributed by atoms with Gasteiger partial charge in [-0.25, -0.2) is 0 Å². The number of nitrogens with one attached hydrogen (secondary N) is 2. The quantitative estimate of drug-likeness (QED) is 0.730. The van der Waals surface area contributed by atoms with Gasteiger partial charge in [0.2, 0.25) is 11.8 Å². The van der Waals surface area contributed by atoms with Gasteiger partial charge < -0.3 is 20.4 Å². The van der Waals surface area contributed by atoms with Gasteiger partial charge in [0.25, 0.3) is 5.91 Å². The SMILES string of the molecule is CC1CCN(c2ccc(NC(=O)CNC(=O)c3ccc(N4CCCC4=O)cc3)cc2)CC1. The minimum Gasteiger partial charge on any atom is -0.372 e. The molecule has 3 amide bonds. The summed E-state index contributed by atoms with van der Waals surface area (Å²) >= 11 is 0. The average Bonchev–Trinajstić information content (AvgIpc) is 3.24. The van der Waals surface area contributed by atoms with Crippen molar-refractivity contribution in [2.24, 2.45) is 5.92 Å². The van der Waals surface area contributed by atoms with Crippen LogP contribution in [0.15, 0.2) is 48.5 Å². The lowest BCUT2D eigenvalue weighted by Gasteiger charge is -2.32. The van der Waals surface area contributed by atoms with Gasteiger partial charge in [-0.1, -0.05) is 6.92 Å². The molecule has 2 N–H and O–H groups in total.